The molecule has 0 aliphatic heterocycles. The molecule has 10 heteroatoms. The third-order valence-electron chi connectivity index (χ3n) is 15.6. The molecule has 466 valence electrons. The summed E-state index contributed by atoms with van der Waals surface area (Å²) in [6.07, 6.45) is 73.1. The molecule has 0 aliphatic rings. The van der Waals surface area contributed by atoms with Gasteiger partial charge in [0.2, 0.25) is 5.91 Å². The highest BCUT2D eigenvalue weighted by atomic mass is 31.2. The van der Waals surface area contributed by atoms with Crippen LogP contribution in [0.5, 0.6) is 0 Å². The predicted octanol–water partition coefficient (Wildman–Crippen LogP) is 21.5. The first-order chi connectivity index (χ1) is 38.4. The van der Waals surface area contributed by atoms with E-state index in [-0.39, 0.29) is 25.1 Å². The molecule has 0 bridgehead atoms. The van der Waals surface area contributed by atoms with Crippen LogP contribution in [0.2, 0.25) is 0 Å². The molecule has 0 rings (SSSR count). The monoisotopic (exact) mass is 1130 g/mol. The zero-order chi connectivity index (χ0) is 57.9. The Kier molecular flexibility index (Phi) is 58.1. The maximum absolute atomic E-state index is 13.5. The van der Waals surface area contributed by atoms with Crippen molar-refractivity contribution in [1.82, 2.24) is 5.32 Å². The minimum atomic E-state index is -4.45. The summed E-state index contributed by atoms with van der Waals surface area (Å²) >= 11 is 0. The second kappa shape index (κ2) is 59.4. The van der Waals surface area contributed by atoms with Crippen LogP contribution in [-0.2, 0) is 27.9 Å². The number of carbonyl (C=O) groups excluding carboxylic acids is 2. The number of unbranched alkanes of at least 4 members (excludes halogenated alkanes) is 44. The summed E-state index contributed by atoms with van der Waals surface area (Å²) in [5.74, 6) is -0.519. The lowest BCUT2D eigenvalue weighted by Gasteiger charge is -2.27. The Hall–Kier alpha value is -1.77. The van der Waals surface area contributed by atoms with E-state index in [4.69, 9.17) is 13.8 Å². The molecule has 0 aromatic rings. The van der Waals surface area contributed by atoms with E-state index in [1.54, 1.807) is 0 Å². The van der Waals surface area contributed by atoms with Crippen LogP contribution >= 0.6 is 7.82 Å². The number of amides is 1. The van der Waals surface area contributed by atoms with Gasteiger partial charge in [0.15, 0.2) is 0 Å². The highest BCUT2D eigenvalue weighted by molar-refractivity contribution is 7.47. The fraction of sp³-hybridized carbons (Fsp3) is 0.884. The molecule has 2 N–H and O–H groups in total. The van der Waals surface area contributed by atoms with Gasteiger partial charge in [-0.15, -0.1) is 0 Å². The Morgan fingerprint density at radius 2 is 0.759 bits per heavy atom. The molecule has 79 heavy (non-hydrogen) atoms. The zero-order valence-electron chi connectivity index (χ0n) is 53.4. The van der Waals surface area contributed by atoms with Crippen molar-refractivity contribution in [2.24, 2.45) is 0 Å². The van der Waals surface area contributed by atoms with Gasteiger partial charge in [0.05, 0.1) is 33.8 Å². The first-order valence-electron chi connectivity index (χ1n) is 34.3. The van der Waals surface area contributed by atoms with Crippen molar-refractivity contribution in [3.05, 3.63) is 36.5 Å². The van der Waals surface area contributed by atoms with Crippen LogP contribution < -0.4 is 5.32 Å². The van der Waals surface area contributed by atoms with Gasteiger partial charge in [0.25, 0.3) is 0 Å². The molecule has 0 saturated carbocycles. The van der Waals surface area contributed by atoms with Crippen LogP contribution in [0.3, 0.4) is 0 Å². The number of esters is 1. The maximum atomic E-state index is 13.5. The van der Waals surface area contributed by atoms with Gasteiger partial charge in [0, 0.05) is 12.8 Å². The summed E-state index contributed by atoms with van der Waals surface area (Å²) in [6.45, 7) is 7.03. The topological polar surface area (TPSA) is 111 Å². The Labute approximate surface area is 491 Å². The smallest absolute Gasteiger partial charge is 0.456 e. The molecule has 0 spiro atoms. The molecule has 0 heterocycles. The van der Waals surface area contributed by atoms with Crippen LogP contribution in [0.15, 0.2) is 36.5 Å². The van der Waals surface area contributed by atoms with Gasteiger partial charge in [-0.3, -0.25) is 18.6 Å². The van der Waals surface area contributed by atoms with Crippen molar-refractivity contribution in [2.75, 3.05) is 40.9 Å². The van der Waals surface area contributed by atoms with Gasteiger partial charge in [-0.1, -0.05) is 308 Å². The average Bonchev–Trinajstić information content (AvgIpc) is 3.41. The number of nitrogens with one attached hydrogen (secondary N) is 1. The molecule has 0 aromatic heterocycles. The first kappa shape index (κ1) is 77.2. The van der Waals surface area contributed by atoms with E-state index in [0.717, 1.165) is 64.2 Å². The van der Waals surface area contributed by atoms with Crippen molar-refractivity contribution in [3.8, 4) is 0 Å². The third kappa shape index (κ3) is 60.6. The first-order valence-corrected chi connectivity index (χ1v) is 35.8. The van der Waals surface area contributed by atoms with Crippen LogP contribution in [0, 0.1) is 0 Å². The van der Waals surface area contributed by atoms with Crippen LogP contribution in [0.4, 0.5) is 0 Å². The SMILES string of the molecule is CCCCCCCCC/C=C/C=C/CCCCCC(=O)NC(COP(=O)(O)OCC[N+](C)(C)C)C(/C=C\CCCCCCCCCCCC)OC(=O)CCCCCCCCCCCCCCCCCCCCCCCCCCC. The predicted molar refractivity (Wildman–Crippen MR) is 342 cm³/mol. The number of phosphoric acid groups is 1. The fourth-order valence-electron chi connectivity index (χ4n) is 10.3. The number of nitrogens with zero attached hydrogens (tertiary/aromatic N) is 1. The standard InChI is InChI=1S/C69H133N2O7P/c1-7-10-13-16-19-22-25-28-30-32-33-34-35-36-37-38-39-40-42-44-47-50-53-56-59-62-69(73)78-67(60-57-54-51-48-45-27-24-21-18-15-12-9-3)66(65-77-79(74,75)76-64-63-71(4,5)6)70-68(72)61-58-55-52-49-46-43-41-31-29-26-23-20-17-14-11-8-2/h31,41,43,46,57,60,66-67H,7-30,32-40,42,44-45,47-56,58-59,61-65H2,1-6H3,(H-,70,72,74,75)/p+1/b41-31+,46-43+,60-57-. The molecule has 0 saturated heterocycles. The van der Waals surface area contributed by atoms with Gasteiger partial charge in [-0.05, 0) is 57.4 Å². The number of quaternary nitrogens is 1. The highest BCUT2D eigenvalue weighted by Gasteiger charge is 2.30. The molecular weight excluding hydrogens is 1000 g/mol. The Morgan fingerprint density at radius 3 is 1.13 bits per heavy atom. The molecule has 0 aliphatic carbocycles. The van der Waals surface area contributed by atoms with Crippen molar-refractivity contribution in [1.29, 1.82) is 0 Å². The molecule has 1 amide bonds. The van der Waals surface area contributed by atoms with Gasteiger partial charge < -0.3 is 19.4 Å². The Bertz CT molecular complexity index is 1450. The lowest BCUT2D eigenvalue weighted by molar-refractivity contribution is -0.870. The lowest BCUT2D eigenvalue weighted by atomic mass is 10.0. The fourth-order valence-corrected chi connectivity index (χ4v) is 11.0. The van der Waals surface area contributed by atoms with Crippen LogP contribution in [-0.4, -0.2) is 74.3 Å². The van der Waals surface area contributed by atoms with Crippen molar-refractivity contribution in [3.63, 3.8) is 0 Å². The largest absolute Gasteiger partial charge is 0.472 e. The van der Waals surface area contributed by atoms with Crippen molar-refractivity contribution < 1.29 is 37.3 Å². The molecule has 3 unspecified atom stereocenters. The number of rotatable bonds is 63. The van der Waals surface area contributed by atoms with Gasteiger partial charge >= 0.3 is 13.8 Å². The number of carbonyl (C=O) groups is 2. The minimum absolute atomic E-state index is 0.0375. The van der Waals surface area contributed by atoms with Crippen molar-refractivity contribution >= 4 is 19.7 Å². The number of hydrogen-bond acceptors (Lipinski definition) is 6. The maximum Gasteiger partial charge on any atom is 0.472 e. The summed E-state index contributed by atoms with van der Waals surface area (Å²) in [6, 6.07) is -0.859. The quantitative estimate of drug-likeness (QED) is 0.0156. The molecule has 3 atom stereocenters. The molecule has 0 aromatic carbocycles. The number of allylic oxidation sites excluding steroid dienone is 5. The third-order valence-corrected chi connectivity index (χ3v) is 16.6. The van der Waals surface area contributed by atoms with E-state index < -0.39 is 20.0 Å². The highest BCUT2D eigenvalue weighted by Crippen LogP contribution is 2.43. The van der Waals surface area contributed by atoms with Gasteiger partial charge in [-0.25, -0.2) is 4.57 Å². The second-order valence-corrected chi connectivity index (χ2v) is 26.2. The normalized spacial score (nSPS) is 13.8. The zero-order valence-corrected chi connectivity index (χ0v) is 54.3. The van der Waals surface area contributed by atoms with Gasteiger partial charge in [0.1, 0.15) is 19.3 Å². The van der Waals surface area contributed by atoms with E-state index in [1.807, 2.05) is 33.3 Å². The number of likely N-dealkylation sites (N-methyl/N-ethyl adjacent to an activating group) is 1. The molecule has 0 fully saturated rings. The summed E-state index contributed by atoms with van der Waals surface area (Å²) < 4.78 is 30.8. The van der Waals surface area contributed by atoms with E-state index >= 15 is 0 Å². The number of ether oxygens (including phenoxy) is 1. The lowest BCUT2D eigenvalue weighted by Crippen LogP contribution is -2.47. The van der Waals surface area contributed by atoms with E-state index in [0.29, 0.717) is 30.3 Å². The number of hydrogen-bond donors (Lipinski definition) is 2. The summed E-state index contributed by atoms with van der Waals surface area (Å²) in [7, 11) is 1.49. The summed E-state index contributed by atoms with van der Waals surface area (Å²) in [5, 5.41) is 3.05. The summed E-state index contributed by atoms with van der Waals surface area (Å²) in [4.78, 5) is 37.8. The van der Waals surface area contributed by atoms with E-state index in [1.165, 1.54) is 238 Å². The molecule has 9 nitrogen and oxygen atoms in total. The van der Waals surface area contributed by atoms with Crippen LogP contribution in [0.1, 0.15) is 342 Å². The summed E-state index contributed by atoms with van der Waals surface area (Å²) in [5.41, 5.74) is 0. The Morgan fingerprint density at radius 1 is 0.443 bits per heavy atom. The average molecular weight is 1130 g/mol. The minimum Gasteiger partial charge on any atom is -0.456 e. The molecular formula is C69H134N2O7P+. The van der Waals surface area contributed by atoms with E-state index in [2.05, 4.69) is 50.4 Å². The van der Waals surface area contributed by atoms with Gasteiger partial charge in [-0.2, -0.15) is 0 Å². The molecule has 0 radical (unpaired) electrons. The second-order valence-electron chi connectivity index (χ2n) is 24.7. The van der Waals surface area contributed by atoms with Crippen LogP contribution in [0.25, 0.3) is 0 Å². The van der Waals surface area contributed by atoms with E-state index in [9.17, 15) is 19.0 Å². The van der Waals surface area contributed by atoms with Crippen molar-refractivity contribution in [2.45, 2.75) is 354 Å². The number of phosphoric ester groups is 1. The Balaban J connectivity index is 5.07.